The first-order valence-electron chi connectivity index (χ1n) is 5.03. The van der Waals surface area contributed by atoms with E-state index in [-0.39, 0.29) is 0 Å². The highest BCUT2D eigenvalue weighted by Crippen LogP contribution is 2.06. The van der Waals surface area contributed by atoms with Gasteiger partial charge in [-0.15, -0.1) is 0 Å². The van der Waals surface area contributed by atoms with E-state index in [2.05, 4.69) is 40.2 Å². The average Bonchev–Trinajstić information content (AvgIpc) is 2.55. The van der Waals surface area contributed by atoms with Crippen molar-refractivity contribution in [2.75, 3.05) is 6.54 Å². The van der Waals surface area contributed by atoms with Crippen molar-refractivity contribution in [3.63, 3.8) is 0 Å². The number of halogens is 1. The predicted molar refractivity (Wildman–Crippen MR) is 62.7 cm³/mol. The molecule has 1 aromatic rings. The maximum absolute atomic E-state index is 4.14. The summed E-state index contributed by atoms with van der Waals surface area (Å²) in [6.07, 6.45) is 4.95. The first-order chi connectivity index (χ1) is 6.68. The van der Waals surface area contributed by atoms with Crippen molar-refractivity contribution in [2.45, 2.75) is 37.7 Å². The molecule has 0 amide bonds. The van der Waals surface area contributed by atoms with Gasteiger partial charge in [-0.3, -0.25) is 4.68 Å². The second-order valence-electron chi connectivity index (χ2n) is 3.64. The summed E-state index contributed by atoms with van der Waals surface area (Å²) in [6.45, 7) is 6.29. The molecule has 0 fully saturated rings. The van der Waals surface area contributed by atoms with Crippen LogP contribution in [0.4, 0.5) is 0 Å². The van der Waals surface area contributed by atoms with E-state index in [9.17, 15) is 0 Å². The van der Waals surface area contributed by atoms with Crippen LogP contribution in [0.1, 0.15) is 20.3 Å². The van der Waals surface area contributed by atoms with Crippen molar-refractivity contribution in [3.05, 3.63) is 18.5 Å². The number of rotatable bonds is 6. The van der Waals surface area contributed by atoms with Gasteiger partial charge in [0.25, 0.3) is 0 Å². The molecule has 0 radical (unpaired) electrons. The summed E-state index contributed by atoms with van der Waals surface area (Å²) in [4.78, 5) is 0.578. The Bertz CT molecular complexity index is 234. The molecule has 0 saturated carbocycles. The predicted octanol–water partition coefficient (Wildman–Crippen LogP) is 2.03. The Morgan fingerprint density at radius 2 is 2.29 bits per heavy atom. The van der Waals surface area contributed by atoms with Crippen LogP contribution in [0.5, 0.6) is 0 Å². The third kappa shape index (κ3) is 4.77. The lowest BCUT2D eigenvalue weighted by Gasteiger charge is -2.14. The summed E-state index contributed by atoms with van der Waals surface area (Å²) in [5, 5.41) is 7.60. The van der Waals surface area contributed by atoms with Crippen LogP contribution < -0.4 is 5.32 Å². The summed E-state index contributed by atoms with van der Waals surface area (Å²) in [6, 6.07) is 2.50. The maximum atomic E-state index is 4.14. The van der Waals surface area contributed by atoms with E-state index in [0.717, 1.165) is 19.5 Å². The Hall–Kier alpha value is -0.350. The van der Waals surface area contributed by atoms with Gasteiger partial charge in [-0.1, -0.05) is 22.9 Å². The molecule has 80 valence electrons. The lowest BCUT2D eigenvalue weighted by Crippen LogP contribution is -2.31. The number of alkyl halides is 1. The number of nitrogens with one attached hydrogen (secondary N) is 1. The summed E-state index contributed by atoms with van der Waals surface area (Å²) < 4.78 is 1.94. The van der Waals surface area contributed by atoms with E-state index >= 15 is 0 Å². The fourth-order valence-electron chi connectivity index (χ4n) is 1.43. The molecule has 4 heteroatoms. The molecule has 1 rings (SSSR count). The molecule has 14 heavy (non-hydrogen) atoms. The monoisotopic (exact) mass is 259 g/mol. The zero-order chi connectivity index (χ0) is 10.4. The van der Waals surface area contributed by atoms with Crippen LogP contribution in [-0.4, -0.2) is 27.2 Å². The summed E-state index contributed by atoms with van der Waals surface area (Å²) in [7, 11) is 0. The first-order valence-corrected chi connectivity index (χ1v) is 5.95. The minimum absolute atomic E-state index is 0.555. The van der Waals surface area contributed by atoms with Crippen LogP contribution in [0, 0.1) is 0 Å². The van der Waals surface area contributed by atoms with Crippen LogP contribution in [-0.2, 0) is 6.54 Å². The zero-order valence-corrected chi connectivity index (χ0v) is 10.4. The van der Waals surface area contributed by atoms with Crippen molar-refractivity contribution in [2.24, 2.45) is 0 Å². The summed E-state index contributed by atoms with van der Waals surface area (Å²) in [5.41, 5.74) is 0. The van der Waals surface area contributed by atoms with Crippen LogP contribution in [0.15, 0.2) is 18.5 Å². The molecule has 1 heterocycles. The van der Waals surface area contributed by atoms with Gasteiger partial charge in [0.05, 0.1) is 6.54 Å². The molecule has 1 aromatic heterocycles. The molecule has 1 N–H and O–H groups in total. The molecule has 0 aliphatic carbocycles. The minimum Gasteiger partial charge on any atom is -0.312 e. The molecule has 0 spiro atoms. The summed E-state index contributed by atoms with van der Waals surface area (Å²) >= 11 is 3.55. The van der Waals surface area contributed by atoms with Gasteiger partial charge in [-0.05, 0) is 19.4 Å². The fourth-order valence-corrected chi connectivity index (χ4v) is 1.99. The third-order valence-electron chi connectivity index (χ3n) is 2.07. The molecule has 0 bridgehead atoms. The molecular weight excluding hydrogens is 242 g/mol. The van der Waals surface area contributed by atoms with Crippen molar-refractivity contribution in [1.82, 2.24) is 15.1 Å². The quantitative estimate of drug-likeness (QED) is 0.793. The highest BCUT2D eigenvalue weighted by molar-refractivity contribution is 9.09. The Kier molecular flexibility index (Phi) is 5.19. The first kappa shape index (κ1) is 11.7. The third-order valence-corrected chi connectivity index (χ3v) is 2.45. The van der Waals surface area contributed by atoms with Crippen LogP contribution >= 0.6 is 15.9 Å². The molecule has 3 nitrogen and oxygen atoms in total. The van der Waals surface area contributed by atoms with Gasteiger partial charge in [0.1, 0.15) is 0 Å². The van der Waals surface area contributed by atoms with Crippen LogP contribution in [0.2, 0.25) is 0 Å². The minimum atomic E-state index is 0.555. The smallest absolute Gasteiger partial charge is 0.0534 e. The Morgan fingerprint density at radius 1 is 1.50 bits per heavy atom. The van der Waals surface area contributed by atoms with Crippen molar-refractivity contribution in [1.29, 1.82) is 0 Å². The van der Waals surface area contributed by atoms with Gasteiger partial charge < -0.3 is 5.32 Å². The Labute approximate surface area is 94.0 Å². The van der Waals surface area contributed by atoms with Gasteiger partial charge in [0.15, 0.2) is 0 Å². The van der Waals surface area contributed by atoms with Crippen LogP contribution in [0.25, 0.3) is 0 Å². The van der Waals surface area contributed by atoms with Gasteiger partial charge in [0.2, 0.25) is 0 Å². The number of hydrogen-bond donors (Lipinski definition) is 1. The molecule has 0 aliphatic rings. The number of nitrogens with zero attached hydrogens (tertiary/aromatic N) is 2. The van der Waals surface area contributed by atoms with Crippen LogP contribution in [0.3, 0.4) is 0 Å². The molecule has 2 unspecified atom stereocenters. The van der Waals surface area contributed by atoms with Gasteiger partial charge >= 0.3 is 0 Å². The highest BCUT2D eigenvalue weighted by Gasteiger charge is 2.04. The Morgan fingerprint density at radius 3 is 2.86 bits per heavy atom. The number of aromatic nitrogens is 2. The lowest BCUT2D eigenvalue weighted by atomic mass is 10.2. The standard InChI is InChI=1S/C10H18BrN3/c1-9(11)8-10(2)12-5-7-14-6-3-4-13-14/h3-4,6,9-10,12H,5,7-8H2,1-2H3. The summed E-state index contributed by atoms with van der Waals surface area (Å²) in [5.74, 6) is 0. The van der Waals surface area contributed by atoms with E-state index < -0.39 is 0 Å². The molecular formula is C10H18BrN3. The van der Waals surface area contributed by atoms with E-state index in [1.807, 2.05) is 23.1 Å². The molecule has 2 atom stereocenters. The largest absolute Gasteiger partial charge is 0.312 e. The second kappa shape index (κ2) is 6.19. The highest BCUT2D eigenvalue weighted by atomic mass is 79.9. The van der Waals surface area contributed by atoms with Gasteiger partial charge in [0, 0.05) is 29.8 Å². The molecule has 0 saturated heterocycles. The van der Waals surface area contributed by atoms with Gasteiger partial charge in [-0.2, -0.15) is 5.10 Å². The van der Waals surface area contributed by atoms with E-state index in [1.54, 1.807) is 0 Å². The van der Waals surface area contributed by atoms with E-state index in [0.29, 0.717) is 10.9 Å². The topological polar surface area (TPSA) is 29.9 Å². The fraction of sp³-hybridized carbons (Fsp3) is 0.700. The van der Waals surface area contributed by atoms with Crippen molar-refractivity contribution in [3.8, 4) is 0 Å². The average molecular weight is 260 g/mol. The normalized spacial score (nSPS) is 15.4. The van der Waals surface area contributed by atoms with Crippen molar-refractivity contribution >= 4 is 15.9 Å². The number of hydrogen-bond acceptors (Lipinski definition) is 2. The van der Waals surface area contributed by atoms with E-state index in [4.69, 9.17) is 0 Å². The lowest BCUT2D eigenvalue weighted by molar-refractivity contribution is 0.477. The van der Waals surface area contributed by atoms with Gasteiger partial charge in [-0.25, -0.2) is 0 Å². The zero-order valence-electron chi connectivity index (χ0n) is 8.78. The Balaban J connectivity index is 2.09. The molecule has 0 aliphatic heterocycles. The second-order valence-corrected chi connectivity index (χ2v) is 5.20. The maximum Gasteiger partial charge on any atom is 0.0534 e. The molecule has 0 aromatic carbocycles. The SMILES string of the molecule is CC(Br)CC(C)NCCn1cccn1. The van der Waals surface area contributed by atoms with Crippen molar-refractivity contribution < 1.29 is 0 Å². The van der Waals surface area contributed by atoms with E-state index in [1.165, 1.54) is 0 Å².